The van der Waals surface area contributed by atoms with Gasteiger partial charge in [-0.2, -0.15) is 5.10 Å². The van der Waals surface area contributed by atoms with Crippen molar-refractivity contribution in [3.05, 3.63) is 78.6 Å². The molecule has 0 atom stereocenters. The third-order valence-corrected chi connectivity index (χ3v) is 3.32. The Kier molecular flexibility index (Phi) is 3.92. The molecule has 0 aliphatic carbocycles. The van der Waals surface area contributed by atoms with Gasteiger partial charge in [0, 0.05) is 18.2 Å². The van der Waals surface area contributed by atoms with E-state index in [9.17, 15) is 4.79 Å². The molecule has 1 aromatic heterocycles. The lowest BCUT2D eigenvalue weighted by molar-refractivity contribution is -0.119. The zero-order valence-corrected chi connectivity index (χ0v) is 11.6. The maximum atomic E-state index is 12.1. The van der Waals surface area contributed by atoms with Crippen molar-refractivity contribution < 1.29 is 4.79 Å². The van der Waals surface area contributed by atoms with Crippen LogP contribution < -0.4 is 0 Å². The summed E-state index contributed by atoms with van der Waals surface area (Å²) in [6.45, 7) is 0.307. The number of nitrogens with zero attached hydrogens (tertiary/aromatic N) is 2. The molecule has 0 radical (unpaired) electrons. The van der Waals surface area contributed by atoms with Crippen molar-refractivity contribution >= 4 is 5.78 Å². The van der Waals surface area contributed by atoms with E-state index in [0.717, 1.165) is 16.7 Å². The van der Waals surface area contributed by atoms with Crippen LogP contribution in [0.25, 0.3) is 11.1 Å². The summed E-state index contributed by atoms with van der Waals surface area (Å²) in [6, 6.07) is 19.8. The molecule has 3 aromatic rings. The lowest BCUT2D eigenvalue weighted by Crippen LogP contribution is -2.12. The quantitative estimate of drug-likeness (QED) is 0.716. The number of Topliss-reactive ketones (excluding diaryl/α,β-unsaturated/α-hetero) is 1. The number of hydrogen-bond acceptors (Lipinski definition) is 2. The van der Waals surface area contributed by atoms with Gasteiger partial charge in [0.05, 0.1) is 12.7 Å². The topological polar surface area (TPSA) is 34.9 Å². The number of rotatable bonds is 5. The van der Waals surface area contributed by atoms with Crippen molar-refractivity contribution in [3.63, 3.8) is 0 Å². The van der Waals surface area contributed by atoms with E-state index in [1.807, 2.05) is 66.9 Å². The van der Waals surface area contributed by atoms with Crippen molar-refractivity contribution in [2.75, 3.05) is 0 Å². The second-order valence-electron chi connectivity index (χ2n) is 4.99. The van der Waals surface area contributed by atoms with Crippen LogP contribution >= 0.6 is 0 Å². The van der Waals surface area contributed by atoms with Gasteiger partial charge < -0.3 is 0 Å². The minimum Gasteiger partial charge on any atom is -0.297 e. The number of benzene rings is 2. The van der Waals surface area contributed by atoms with Crippen LogP contribution in [-0.4, -0.2) is 15.6 Å². The maximum absolute atomic E-state index is 12.1. The summed E-state index contributed by atoms with van der Waals surface area (Å²) in [6.07, 6.45) is 4.16. The van der Waals surface area contributed by atoms with Gasteiger partial charge in [-0.05, 0) is 11.1 Å². The smallest absolute Gasteiger partial charge is 0.158 e. The molecule has 2 aromatic carbocycles. The van der Waals surface area contributed by atoms with Crippen molar-refractivity contribution in [1.82, 2.24) is 9.78 Å². The average molecular weight is 276 g/mol. The summed E-state index contributed by atoms with van der Waals surface area (Å²) >= 11 is 0. The normalized spacial score (nSPS) is 10.5. The van der Waals surface area contributed by atoms with Gasteiger partial charge in [-0.25, -0.2) is 0 Å². The minimum absolute atomic E-state index is 0.156. The highest BCUT2D eigenvalue weighted by Gasteiger charge is 2.07. The Bertz CT molecular complexity index is 717. The van der Waals surface area contributed by atoms with Crippen LogP contribution in [-0.2, 0) is 17.8 Å². The second-order valence-corrected chi connectivity index (χ2v) is 4.99. The molecule has 1 heterocycles. The van der Waals surface area contributed by atoms with Gasteiger partial charge in [-0.3, -0.25) is 9.48 Å². The molecule has 3 rings (SSSR count). The zero-order chi connectivity index (χ0) is 14.5. The number of aromatic nitrogens is 2. The van der Waals surface area contributed by atoms with Gasteiger partial charge in [-0.15, -0.1) is 0 Å². The van der Waals surface area contributed by atoms with E-state index in [-0.39, 0.29) is 5.78 Å². The zero-order valence-electron chi connectivity index (χ0n) is 11.6. The highest BCUT2D eigenvalue weighted by atomic mass is 16.1. The fourth-order valence-electron chi connectivity index (χ4n) is 2.29. The van der Waals surface area contributed by atoms with Gasteiger partial charge in [0.2, 0.25) is 0 Å². The Morgan fingerprint density at radius 3 is 2.29 bits per heavy atom. The summed E-state index contributed by atoms with van der Waals surface area (Å²) in [5.41, 5.74) is 3.18. The summed E-state index contributed by atoms with van der Waals surface area (Å²) in [5.74, 6) is 0.156. The van der Waals surface area contributed by atoms with Gasteiger partial charge in [-0.1, -0.05) is 60.7 Å². The number of carbonyl (C=O) groups excluding carboxylic acids is 1. The predicted octanol–water partition coefficient (Wildman–Crippen LogP) is 3.36. The molecule has 0 N–H and O–H groups in total. The molecular weight excluding hydrogens is 260 g/mol. The number of ketones is 1. The molecule has 0 aliphatic heterocycles. The third-order valence-electron chi connectivity index (χ3n) is 3.32. The molecule has 0 bridgehead atoms. The van der Waals surface area contributed by atoms with Crippen LogP contribution in [0.4, 0.5) is 0 Å². The van der Waals surface area contributed by atoms with Gasteiger partial charge in [0.15, 0.2) is 5.78 Å². The molecule has 0 amide bonds. The standard InChI is InChI=1S/C18H16N2O/c21-18(11-15-7-3-1-4-8-15)14-20-13-17(12-19-20)16-9-5-2-6-10-16/h1-10,12-13H,11,14H2. The van der Waals surface area contributed by atoms with Crippen molar-refractivity contribution in [2.45, 2.75) is 13.0 Å². The molecule has 0 fully saturated rings. The van der Waals surface area contributed by atoms with Crippen LogP contribution in [0.5, 0.6) is 0 Å². The van der Waals surface area contributed by atoms with Gasteiger partial charge >= 0.3 is 0 Å². The maximum Gasteiger partial charge on any atom is 0.158 e. The van der Waals surface area contributed by atoms with Crippen LogP contribution in [0, 0.1) is 0 Å². The monoisotopic (exact) mass is 276 g/mol. The Hall–Kier alpha value is -2.68. The van der Waals surface area contributed by atoms with E-state index in [1.165, 1.54) is 0 Å². The SMILES string of the molecule is O=C(Cc1ccccc1)Cn1cc(-c2ccccc2)cn1. The van der Waals surface area contributed by atoms with E-state index >= 15 is 0 Å². The lowest BCUT2D eigenvalue weighted by atomic mass is 10.1. The van der Waals surface area contributed by atoms with Gasteiger partial charge in [0.1, 0.15) is 0 Å². The molecule has 3 heteroatoms. The molecule has 3 nitrogen and oxygen atoms in total. The molecule has 104 valence electrons. The second kappa shape index (κ2) is 6.18. The van der Waals surface area contributed by atoms with Crippen molar-refractivity contribution in [1.29, 1.82) is 0 Å². The van der Waals surface area contributed by atoms with E-state index in [1.54, 1.807) is 10.9 Å². The van der Waals surface area contributed by atoms with E-state index in [2.05, 4.69) is 5.10 Å². The van der Waals surface area contributed by atoms with Crippen molar-refractivity contribution in [3.8, 4) is 11.1 Å². The number of hydrogen-bond donors (Lipinski definition) is 0. The molecule has 0 aliphatic rings. The van der Waals surface area contributed by atoms with E-state index in [4.69, 9.17) is 0 Å². The summed E-state index contributed by atoms with van der Waals surface area (Å²) in [7, 11) is 0. The Labute approximate surface area is 123 Å². The average Bonchev–Trinajstić information content (AvgIpc) is 2.97. The van der Waals surface area contributed by atoms with Crippen LogP contribution in [0.15, 0.2) is 73.1 Å². The fourth-order valence-corrected chi connectivity index (χ4v) is 2.29. The number of carbonyl (C=O) groups is 1. The predicted molar refractivity (Wildman–Crippen MR) is 82.8 cm³/mol. The van der Waals surface area contributed by atoms with E-state index < -0.39 is 0 Å². The first-order chi connectivity index (χ1) is 10.3. The highest BCUT2D eigenvalue weighted by molar-refractivity contribution is 5.80. The van der Waals surface area contributed by atoms with Crippen LogP contribution in [0.2, 0.25) is 0 Å². The third kappa shape index (κ3) is 3.45. The Morgan fingerprint density at radius 1 is 0.905 bits per heavy atom. The first-order valence-electron chi connectivity index (χ1n) is 6.95. The molecular formula is C18H16N2O. The minimum atomic E-state index is 0.156. The molecule has 0 saturated carbocycles. The van der Waals surface area contributed by atoms with Crippen LogP contribution in [0.1, 0.15) is 5.56 Å². The van der Waals surface area contributed by atoms with E-state index in [0.29, 0.717) is 13.0 Å². The largest absolute Gasteiger partial charge is 0.297 e. The van der Waals surface area contributed by atoms with Crippen molar-refractivity contribution in [2.24, 2.45) is 0 Å². The lowest BCUT2D eigenvalue weighted by Gasteiger charge is -2.01. The summed E-state index contributed by atoms with van der Waals surface area (Å²) in [5, 5.41) is 4.27. The first-order valence-corrected chi connectivity index (χ1v) is 6.95. The molecule has 21 heavy (non-hydrogen) atoms. The highest BCUT2D eigenvalue weighted by Crippen LogP contribution is 2.17. The summed E-state index contributed by atoms with van der Waals surface area (Å²) < 4.78 is 1.70. The Morgan fingerprint density at radius 2 is 1.57 bits per heavy atom. The van der Waals surface area contributed by atoms with Crippen LogP contribution in [0.3, 0.4) is 0 Å². The summed E-state index contributed by atoms with van der Waals surface area (Å²) in [4.78, 5) is 12.1. The fraction of sp³-hybridized carbons (Fsp3) is 0.111. The Balaban J connectivity index is 1.66. The van der Waals surface area contributed by atoms with Gasteiger partial charge in [0.25, 0.3) is 0 Å². The first kappa shape index (κ1) is 13.3. The molecule has 0 spiro atoms. The molecule has 0 unspecified atom stereocenters. The molecule has 0 saturated heterocycles.